The Morgan fingerprint density at radius 1 is 1.09 bits per heavy atom. The van der Waals surface area contributed by atoms with Crippen molar-refractivity contribution in [1.29, 1.82) is 0 Å². The first-order chi connectivity index (χ1) is 15.4. The standard InChI is InChI=1S/C22H18Cl2N2O5S/c23-15-4-1-14(9-16(15)24)11-19-21(28)26(22(29)32-19)8-7-25-20(27)6-3-13-2-5-17-18(10-13)31-12-30-17/h1-2,4-5,9-11H,3,6-8,12H2,(H,25,27)/b19-11-. The number of thioether (sulfide) groups is 1. The quantitative estimate of drug-likeness (QED) is 0.572. The number of aryl methyl sites for hydroxylation is 1. The summed E-state index contributed by atoms with van der Waals surface area (Å²) < 4.78 is 10.6. The molecule has 2 aliphatic heterocycles. The van der Waals surface area contributed by atoms with Crippen molar-refractivity contribution >= 4 is 58.1 Å². The topological polar surface area (TPSA) is 84.9 Å². The molecule has 4 rings (SSSR count). The lowest BCUT2D eigenvalue weighted by Gasteiger charge is -2.13. The van der Waals surface area contributed by atoms with Gasteiger partial charge in [-0.05, 0) is 59.7 Å². The van der Waals surface area contributed by atoms with Crippen molar-refractivity contribution in [3.63, 3.8) is 0 Å². The number of amides is 3. The number of imide groups is 1. The summed E-state index contributed by atoms with van der Waals surface area (Å²) in [6, 6.07) is 10.5. The van der Waals surface area contributed by atoms with Crippen LogP contribution in [-0.4, -0.2) is 41.8 Å². The minimum absolute atomic E-state index is 0.0964. The fourth-order valence-corrected chi connectivity index (χ4v) is 4.37. The predicted molar refractivity (Wildman–Crippen MR) is 123 cm³/mol. The zero-order valence-electron chi connectivity index (χ0n) is 16.7. The summed E-state index contributed by atoms with van der Waals surface area (Å²) in [6.45, 7) is 0.479. The molecule has 7 nitrogen and oxygen atoms in total. The third-order valence-electron chi connectivity index (χ3n) is 4.85. The molecule has 0 radical (unpaired) electrons. The molecule has 32 heavy (non-hydrogen) atoms. The van der Waals surface area contributed by atoms with Crippen LogP contribution >= 0.6 is 35.0 Å². The van der Waals surface area contributed by atoms with E-state index < -0.39 is 5.91 Å². The third kappa shape index (κ3) is 5.20. The van der Waals surface area contributed by atoms with Crippen molar-refractivity contribution < 1.29 is 23.9 Å². The molecule has 1 fully saturated rings. The molecular formula is C22H18Cl2N2O5S. The number of rotatable bonds is 7. The Morgan fingerprint density at radius 2 is 1.91 bits per heavy atom. The Balaban J connectivity index is 1.25. The lowest BCUT2D eigenvalue weighted by molar-refractivity contribution is -0.124. The molecule has 10 heteroatoms. The molecule has 3 amide bonds. The fraction of sp³-hybridized carbons (Fsp3) is 0.227. The van der Waals surface area contributed by atoms with E-state index in [-0.39, 0.29) is 37.4 Å². The highest BCUT2D eigenvalue weighted by Gasteiger charge is 2.34. The van der Waals surface area contributed by atoms with Crippen molar-refractivity contribution in [2.75, 3.05) is 19.9 Å². The van der Waals surface area contributed by atoms with E-state index in [0.29, 0.717) is 38.4 Å². The minimum atomic E-state index is -0.402. The first kappa shape index (κ1) is 22.5. The van der Waals surface area contributed by atoms with Gasteiger partial charge in [0, 0.05) is 19.5 Å². The van der Waals surface area contributed by atoms with Gasteiger partial charge in [0.1, 0.15) is 0 Å². The van der Waals surface area contributed by atoms with E-state index in [2.05, 4.69) is 5.32 Å². The van der Waals surface area contributed by atoms with E-state index in [1.54, 1.807) is 24.3 Å². The summed E-state index contributed by atoms with van der Waals surface area (Å²) in [6.07, 6.45) is 2.41. The minimum Gasteiger partial charge on any atom is -0.454 e. The number of nitrogens with one attached hydrogen (secondary N) is 1. The van der Waals surface area contributed by atoms with E-state index in [0.717, 1.165) is 22.2 Å². The molecule has 0 aliphatic carbocycles. The summed E-state index contributed by atoms with van der Waals surface area (Å²) >= 11 is 12.8. The molecule has 0 atom stereocenters. The summed E-state index contributed by atoms with van der Waals surface area (Å²) in [5.41, 5.74) is 1.63. The van der Waals surface area contributed by atoms with E-state index in [1.165, 1.54) is 0 Å². The Morgan fingerprint density at radius 3 is 2.72 bits per heavy atom. The smallest absolute Gasteiger partial charge is 0.293 e. The molecule has 0 spiro atoms. The van der Waals surface area contributed by atoms with Crippen LogP contribution in [0.3, 0.4) is 0 Å². The summed E-state index contributed by atoms with van der Waals surface area (Å²) in [4.78, 5) is 38.4. The van der Waals surface area contributed by atoms with Crippen LogP contribution in [0.4, 0.5) is 4.79 Å². The number of hydrogen-bond donors (Lipinski definition) is 1. The zero-order chi connectivity index (χ0) is 22.7. The highest BCUT2D eigenvalue weighted by atomic mass is 35.5. The number of nitrogens with zero attached hydrogens (tertiary/aromatic N) is 1. The zero-order valence-corrected chi connectivity index (χ0v) is 19.1. The van der Waals surface area contributed by atoms with Crippen LogP contribution < -0.4 is 14.8 Å². The molecule has 1 N–H and O–H groups in total. The Bertz CT molecular complexity index is 1120. The van der Waals surface area contributed by atoms with Crippen LogP contribution in [0.25, 0.3) is 6.08 Å². The average Bonchev–Trinajstić information content (AvgIpc) is 3.34. The Kier molecular flexibility index (Phi) is 6.93. The average molecular weight is 493 g/mol. The number of fused-ring (bicyclic) bond motifs is 1. The maximum absolute atomic E-state index is 12.6. The molecule has 0 unspecified atom stereocenters. The van der Waals surface area contributed by atoms with Gasteiger partial charge in [-0.1, -0.05) is 35.3 Å². The Hall–Kier alpha value is -2.68. The van der Waals surface area contributed by atoms with Gasteiger partial charge in [-0.25, -0.2) is 0 Å². The summed E-state index contributed by atoms with van der Waals surface area (Å²) in [5, 5.41) is 3.14. The highest BCUT2D eigenvalue weighted by Crippen LogP contribution is 2.34. The van der Waals surface area contributed by atoms with Crippen molar-refractivity contribution in [3.05, 3.63) is 62.5 Å². The van der Waals surface area contributed by atoms with Gasteiger partial charge in [-0.2, -0.15) is 0 Å². The van der Waals surface area contributed by atoms with Gasteiger partial charge in [0.25, 0.3) is 11.1 Å². The Labute approximate surface area is 198 Å². The number of ether oxygens (including phenoxy) is 2. The molecule has 0 saturated carbocycles. The van der Waals surface area contributed by atoms with Crippen molar-refractivity contribution in [1.82, 2.24) is 10.2 Å². The maximum atomic E-state index is 12.6. The monoisotopic (exact) mass is 492 g/mol. The van der Waals surface area contributed by atoms with Gasteiger partial charge >= 0.3 is 0 Å². The SMILES string of the molecule is O=C(CCc1ccc2c(c1)OCO2)NCCN1C(=O)S/C(=C\c2ccc(Cl)c(Cl)c2)C1=O. The normalized spacial score (nSPS) is 16.2. The van der Waals surface area contributed by atoms with Gasteiger partial charge in [0.15, 0.2) is 11.5 Å². The number of halogens is 2. The third-order valence-corrected chi connectivity index (χ3v) is 6.50. The predicted octanol–water partition coefficient (Wildman–Crippen LogP) is 4.51. The van der Waals surface area contributed by atoms with E-state index in [4.69, 9.17) is 32.7 Å². The first-order valence-corrected chi connectivity index (χ1v) is 11.3. The van der Waals surface area contributed by atoms with Gasteiger partial charge < -0.3 is 14.8 Å². The molecule has 2 aromatic rings. The number of benzene rings is 2. The second kappa shape index (κ2) is 9.85. The van der Waals surface area contributed by atoms with Crippen LogP contribution in [0.2, 0.25) is 10.0 Å². The highest BCUT2D eigenvalue weighted by molar-refractivity contribution is 8.18. The van der Waals surface area contributed by atoms with Crippen molar-refractivity contribution in [2.24, 2.45) is 0 Å². The molecule has 2 heterocycles. The van der Waals surface area contributed by atoms with Crippen LogP contribution in [-0.2, 0) is 16.0 Å². The van der Waals surface area contributed by atoms with Gasteiger partial charge in [-0.15, -0.1) is 0 Å². The molecule has 2 aliphatic rings. The molecule has 1 saturated heterocycles. The molecular weight excluding hydrogens is 475 g/mol. The summed E-state index contributed by atoms with van der Waals surface area (Å²) in [5.74, 6) is 0.807. The maximum Gasteiger partial charge on any atom is 0.293 e. The molecule has 166 valence electrons. The second-order valence-electron chi connectivity index (χ2n) is 7.04. The van der Waals surface area contributed by atoms with Gasteiger partial charge in [0.05, 0.1) is 15.0 Å². The molecule has 2 aromatic carbocycles. The van der Waals surface area contributed by atoms with Gasteiger partial charge in [-0.3, -0.25) is 19.3 Å². The number of hydrogen-bond acceptors (Lipinski definition) is 6. The summed E-state index contributed by atoms with van der Waals surface area (Å²) in [7, 11) is 0. The largest absolute Gasteiger partial charge is 0.454 e. The molecule has 0 bridgehead atoms. The van der Waals surface area contributed by atoms with Gasteiger partial charge in [0.2, 0.25) is 12.7 Å². The van der Waals surface area contributed by atoms with E-state index >= 15 is 0 Å². The fourth-order valence-electron chi connectivity index (χ4n) is 3.20. The molecule has 0 aromatic heterocycles. The number of carbonyl (C=O) groups is 3. The van der Waals surface area contributed by atoms with Crippen molar-refractivity contribution in [2.45, 2.75) is 12.8 Å². The first-order valence-electron chi connectivity index (χ1n) is 9.76. The van der Waals surface area contributed by atoms with E-state index in [9.17, 15) is 14.4 Å². The van der Waals surface area contributed by atoms with Crippen LogP contribution in [0.1, 0.15) is 17.5 Å². The van der Waals surface area contributed by atoms with Crippen LogP contribution in [0, 0.1) is 0 Å². The second-order valence-corrected chi connectivity index (χ2v) is 8.85. The lowest BCUT2D eigenvalue weighted by Crippen LogP contribution is -2.37. The lowest BCUT2D eigenvalue weighted by atomic mass is 10.1. The van der Waals surface area contributed by atoms with Crippen LogP contribution in [0.5, 0.6) is 11.5 Å². The van der Waals surface area contributed by atoms with Crippen molar-refractivity contribution in [3.8, 4) is 11.5 Å². The van der Waals surface area contributed by atoms with E-state index in [1.807, 2.05) is 18.2 Å². The van der Waals surface area contributed by atoms with Crippen LogP contribution in [0.15, 0.2) is 41.3 Å². The number of carbonyl (C=O) groups excluding carboxylic acids is 3.